The molecule has 1 aliphatic rings. The highest BCUT2D eigenvalue weighted by atomic mass is 32.1. The molecule has 23 heavy (non-hydrogen) atoms. The Morgan fingerprint density at radius 2 is 2.09 bits per heavy atom. The molecule has 0 radical (unpaired) electrons. The molecule has 1 saturated heterocycles. The van der Waals surface area contributed by atoms with Crippen molar-refractivity contribution in [2.24, 2.45) is 0 Å². The zero-order chi connectivity index (χ0) is 16.2. The van der Waals surface area contributed by atoms with E-state index in [-0.39, 0.29) is 11.9 Å². The Bertz CT molecular complexity index is 679. The third-order valence-corrected chi connectivity index (χ3v) is 5.03. The van der Waals surface area contributed by atoms with Crippen LogP contribution in [0.5, 0.6) is 0 Å². The Labute approximate surface area is 140 Å². The van der Waals surface area contributed by atoms with Crippen LogP contribution in [0.4, 0.5) is 11.6 Å². The van der Waals surface area contributed by atoms with Crippen LogP contribution < -0.4 is 15.5 Å². The fraction of sp³-hybridized carbons (Fsp3) is 0.438. The molecule has 3 heterocycles. The molecule has 7 heteroatoms. The molecule has 2 aromatic rings. The average Bonchev–Trinajstić information content (AvgIpc) is 3.02. The number of hydrogen-bond donors (Lipinski definition) is 2. The fourth-order valence-corrected chi connectivity index (χ4v) is 3.49. The summed E-state index contributed by atoms with van der Waals surface area (Å²) in [6.07, 6.45) is 3.43. The molecule has 1 aliphatic heterocycles. The van der Waals surface area contributed by atoms with Gasteiger partial charge in [0.05, 0.1) is 4.88 Å². The minimum absolute atomic E-state index is 0.0426. The van der Waals surface area contributed by atoms with Crippen LogP contribution in [-0.4, -0.2) is 42.1 Å². The lowest BCUT2D eigenvalue weighted by atomic mass is 10.0. The Balaban J connectivity index is 1.55. The molecule has 0 spiro atoms. The first-order valence-electron chi connectivity index (χ1n) is 7.78. The maximum atomic E-state index is 12.2. The number of anilines is 2. The number of thiophene rings is 1. The fourth-order valence-electron chi connectivity index (χ4n) is 2.72. The maximum absolute atomic E-state index is 12.2. The summed E-state index contributed by atoms with van der Waals surface area (Å²) in [5.41, 5.74) is 0. The number of nitrogens with zero attached hydrogens (tertiary/aromatic N) is 3. The van der Waals surface area contributed by atoms with Crippen LogP contribution >= 0.6 is 11.3 Å². The van der Waals surface area contributed by atoms with E-state index in [1.165, 1.54) is 11.3 Å². The molecule has 0 aromatic carbocycles. The van der Waals surface area contributed by atoms with Crippen LogP contribution in [0.2, 0.25) is 0 Å². The van der Waals surface area contributed by atoms with Crippen molar-refractivity contribution < 1.29 is 4.79 Å². The summed E-state index contributed by atoms with van der Waals surface area (Å²) in [7, 11) is 1.85. The predicted molar refractivity (Wildman–Crippen MR) is 93.3 cm³/mol. The predicted octanol–water partition coefficient (Wildman–Crippen LogP) is 2.29. The molecule has 0 bridgehead atoms. The number of rotatable bonds is 4. The summed E-state index contributed by atoms with van der Waals surface area (Å²) in [6, 6.07) is 6.06. The third-order valence-electron chi connectivity index (χ3n) is 4.03. The van der Waals surface area contributed by atoms with Crippen molar-refractivity contribution in [3.8, 4) is 0 Å². The van der Waals surface area contributed by atoms with Crippen molar-refractivity contribution in [1.29, 1.82) is 0 Å². The molecule has 122 valence electrons. The molecule has 3 rings (SSSR count). The van der Waals surface area contributed by atoms with Gasteiger partial charge in [-0.2, -0.15) is 0 Å². The highest BCUT2D eigenvalue weighted by Gasteiger charge is 2.22. The van der Waals surface area contributed by atoms with Crippen LogP contribution in [0.25, 0.3) is 0 Å². The van der Waals surface area contributed by atoms with Gasteiger partial charge in [0.2, 0.25) is 0 Å². The third kappa shape index (κ3) is 3.79. The molecule has 1 fully saturated rings. The quantitative estimate of drug-likeness (QED) is 0.899. The van der Waals surface area contributed by atoms with Crippen molar-refractivity contribution in [1.82, 2.24) is 15.3 Å². The summed E-state index contributed by atoms with van der Waals surface area (Å²) in [6.45, 7) is 3.78. The summed E-state index contributed by atoms with van der Waals surface area (Å²) >= 11 is 1.54. The monoisotopic (exact) mass is 331 g/mol. The molecule has 0 aliphatic carbocycles. The highest BCUT2D eigenvalue weighted by Crippen LogP contribution is 2.20. The minimum Gasteiger partial charge on any atom is -0.373 e. The summed E-state index contributed by atoms with van der Waals surface area (Å²) in [5.74, 6) is 1.79. The minimum atomic E-state index is 0.0426. The number of hydrogen-bond acceptors (Lipinski definition) is 6. The van der Waals surface area contributed by atoms with E-state index in [9.17, 15) is 4.79 Å². The number of aromatic nitrogens is 2. The van der Waals surface area contributed by atoms with E-state index in [0.29, 0.717) is 0 Å². The van der Waals surface area contributed by atoms with Gasteiger partial charge in [-0.3, -0.25) is 4.79 Å². The largest absolute Gasteiger partial charge is 0.373 e. The first-order valence-corrected chi connectivity index (χ1v) is 8.59. The van der Waals surface area contributed by atoms with Gasteiger partial charge in [0.1, 0.15) is 18.0 Å². The van der Waals surface area contributed by atoms with E-state index in [1.807, 2.05) is 32.2 Å². The van der Waals surface area contributed by atoms with E-state index >= 15 is 0 Å². The second-order valence-electron chi connectivity index (χ2n) is 5.66. The molecule has 6 nitrogen and oxygen atoms in total. The van der Waals surface area contributed by atoms with Gasteiger partial charge in [-0.1, -0.05) is 0 Å². The SMILES string of the molecule is CNc1cc(N2CCC(NC(=O)c3ccc(C)s3)CC2)ncn1. The molecular weight excluding hydrogens is 310 g/mol. The van der Waals surface area contributed by atoms with Gasteiger partial charge in [0.25, 0.3) is 5.91 Å². The lowest BCUT2D eigenvalue weighted by Crippen LogP contribution is -2.44. The zero-order valence-corrected chi connectivity index (χ0v) is 14.2. The zero-order valence-electron chi connectivity index (χ0n) is 13.4. The number of carbonyl (C=O) groups excluding carboxylic acids is 1. The van der Waals surface area contributed by atoms with E-state index < -0.39 is 0 Å². The number of piperidine rings is 1. The second-order valence-corrected chi connectivity index (χ2v) is 6.94. The van der Waals surface area contributed by atoms with Crippen molar-refractivity contribution in [2.75, 3.05) is 30.4 Å². The molecule has 2 N–H and O–H groups in total. The number of amides is 1. The van der Waals surface area contributed by atoms with Crippen molar-refractivity contribution in [2.45, 2.75) is 25.8 Å². The van der Waals surface area contributed by atoms with Gasteiger partial charge in [0.15, 0.2) is 0 Å². The highest BCUT2D eigenvalue weighted by molar-refractivity contribution is 7.13. The van der Waals surface area contributed by atoms with Crippen molar-refractivity contribution in [3.05, 3.63) is 34.3 Å². The van der Waals surface area contributed by atoms with E-state index in [2.05, 4.69) is 25.5 Å². The topological polar surface area (TPSA) is 70.2 Å². The van der Waals surface area contributed by atoms with Crippen molar-refractivity contribution >= 4 is 28.9 Å². The van der Waals surface area contributed by atoms with Crippen LogP contribution in [0.1, 0.15) is 27.4 Å². The van der Waals surface area contributed by atoms with E-state index in [0.717, 1.165) is 47.3 Å². The van der Waals surface area contributed by atoms with Gasteiger partial charge in [0, 0.05) is 37.1 Å². The first kappa shape index (κ1) is 15.7. The second kappa shape index (κ2) is 6.95. The molecule has 0 atom stereocenters. The van der Waals surface area contributed by atoms with Crippen LogP contribution in [0.3, 0.4) is 0 Å². The average molecular weight is 331 g/mol. The van der Waals surface area contributed by atoms with Crippen LogP contribution in [-0.2, 0) is 0 Å². The molecular formula is C16H21N5OS. The van der Waals surface area contributed by atoms with Crippen LogP contribution in [0.15, 0.2) is 24.5 Å². The number of nitrogens with one attached hydrogen (secondary N) is 2. The number of aryl methyl sites for hydroxylation is 1. The van der Waals surface area contributed by atoms with Gasteiger partial charge in [-0.25, -0.2) is 9.97 Å². The number of carbonyl (C=O) groups is 1. The Hall–Kier alpha value is -2.15. The smallest absolute Gasteiger partial charge is 0.261 e. The Morgan fingerprint density at radius 3 is 2.74 bits per heavy atom. The van der Waals surface area contributed by atoms with Crippen LogP contribution in [0, 0.1) is 6.92 Å². The van der Waals surface area contributed by atoms with Gasteiger partial charge in [-0.15, -0.1) is 11.3 Å². The molecule has 0 unspecified atom stereocenters. The summed E-state index contributed by atoms with van der Waals surface area (Å²) in [5, 5.41) is 6.17. The maximum Gasteiger partial charge on any atom is 0.261 e. The van der Waals surface area contributed by atoms with Gasteiger partial charge < -0.3 is 15.5 Å². The van der Waals surface area contributed by atoms with E-state index in [1.54, 1.807) is 6.33 Å². The van der Waals surface area contributed by atoms with Gasteiger partial charge in [-0.05, 0) is 31.9 Å². The molecule has 0 saturated carbocycles. The Kier molecular flexibility index (Phi) is 4.76. The van der Waals surface area contributed by atoms with E-state index in [4.69, 9.17) is 0 Å². The standard InChI is InChI=1S/C16H21N5OS/c1-11-3-4-13(23-11)16(22)20-12-5-7-21(8-6-12)15-9-14(17-2)18-10-19-15/h3-4,9-10,12H,5-8H2,1-2H3,(H,20,22)(H,17,18,19). The molecule has 2 aromatic heterocycles. The Morgan fingerprint density at radius 1 is 1.30 bits per heavy atom. The summed E-state index contributed by atoms with van der Waals surface area (Å²) < 4.78 is 0. The lowest BCUT2D eigenvalue weighted by Gasteiger charge is -2.33. The van der Waals surface area contributed by atoms with Crippen molar-refractivity contribution in [3.63, 3.8) is 0 Å². The normalized spacial score (nSPS) is 15.5. The lowest BCUT2D eigenvalue weighted by molar-refractivity contribution is 0.0935. The molecule has 1 amide bonds. The first-order chi connectivity index (χ1) is 11.2. The van der Waals surface area contributed by atoms with Gasteiger partial charge >= 0.3 is 0 Å². The summed E-state index contributed by atoms with van der Waals surface area (Å²) in [4.78, 5) is 24.9.